The van der Waals surface area contributed by atoms with Crippen molar-refractivity contribution in [3.63, 3.8) is 0 Å². The molecule has 4 N–H and O–H groups in total. The lowest BCUT2D eigenvalue weighted by Gasteiger charge is -1.96. The van der Waals surface area contributed by atoms with E-state index in [-0.39, 0.29) is 13.2 Å². The first-order valence-corrected chi connectivity index (χ1v) is 4.55. The van der Waals surface area contributed by atoms with Gasteiger partial charge < -0.3 is 20.3 Å². The van der Waals surface area contributed by atoms with E-state index in [0.29, 0.717) is 0 Å². The highest BCUT2D eigenvalue weighted by Crippen LogP contribution is 2.05. The molecule has 0 amide bonds. The molecule has 0 aliphatic rings. The van der Waals surface area contributed by atoms with Crippen molar-refractivity contribution in [2.45, 2.75) is 6.10 Å². The number of nitrogens with zero attached hydrogens (tertiary/aromatic N) is 1. The number of rotatable bonds is 2. The van der Waals surface area contributed by atoms with Crippen LogP contribution in [0.15, 0.2) is 30.6 Å². The molecular formula is C10H14N2O3. The van der Waals surface area contributed by atoms with Crippen LogP contribution in [0.1, 0.15) is 0 Å². The lowest BCUT2D eigenvalue weighted by Crippen LogP contribution is -2.15. The second-order valence-electron chi connectivity index (χ2n) is 2.94. The minimum absolute atomic E-state index is 0.365. The van der Waals surface area contributed by atoms with Gasteiger partial charge in [-0.3, -0.25) is 0 Å². The Hall–Kier alpha value is -1.43. The molecule has 5 heteroatoms. The molecule has 1 aromatic carbocycles. The van der Waals surface area contributed by atoms with Gasteiger partial charge in [-0.25, -0.2) is 4.98 Å². The number of fused-ring (bicyclic) bond motifs is 1. The van der Waals surface area contributed by atoms with Gasteiger partial charge in [0.2, 0.25) is 0 Å². The van der Waals surface area contributed by atoms with Gasteiger partial charge >= 0.3 is 0 Å². The maximum Gasteiger partial charge on any atom is 0.100 e. The summed E-state index contributed by atoms with van der Waals surface area (Å²) in [7, 11) is 0. The topological polar surface area (TPSA) is 89.4 Å². The van der Waals surface area contributed by atoms with E-state index < -0.39 is 6.10 Å². The van der Waals surface area contributed by atoms with Crippen LogP contribution in [0.4, 0.5) is 0 Å². The van der Waals surface area contributed by atoms with Crippen LogP contribution in [0.25, 0.3) is 11.0 Å². The first-order valence-electron chi connectivity index (χ1n) is 4.55. The monoisotopic (exact) mass is 210 g/mol. The molecule has 0 atom stereocenters. The predicted octanol–water partition coefficient (Wildman–Crippen LogP) is -0.105. The Morgan fingerprint density at radius 2 is 1.87 bits per heavy atom. The van der Waals surface area contributed by atoms with Crippen LogP contribution in [0, 0.1) is 0 Å². The highest BCUT2D eigenvalue weighted by molar-refractivity contribution is 5.73. The minimum Gasteiger partial charge on any atom is -0.394 e. The quantitative estimate of drug-likeness (QED) is 0.557. The molecule has 0 fully saturated rings. The second-order valence-corrected chi connectivity index (χ2v) is 2.94. The van der Waals surface area contributed by atoms with E-state index in [0.717, 1.165) is 11.0 Å². The van der Waals surface area contributed by atoms with E-state index in [2.05, 4.69) is 9.97 Å². The van der Waals surface area contributed by atoms with Crippen LogP contribution in [-0.2, 0) is 0 Å². The average molecular weight is 210 g/mol. The number of H-pyrrole nitrogens is 1. The third kappa shape index (κ3) is 3.67. The van der Waals surface area contributed by atoms with Crippen molar-refractivity contribution in [1.82, 2.24) is 9.97 Å². The Kier molecular flexibility index (Phi) is 4.76. The summed E-state index contributed by atoms with van der Waals surface area (Å²) in [5.41, 5.74) is 2.12. The number of aliphatic hydroxyl groups excluding tert-OH is 3. The van der Waals surface area contributed by atoms with Crippen LogP contribution in [0.2, 0.25) is 0 Å². The summed E-state index contributed by atoms with van der Waals surface area (Å²) < 4.78 is 0. The zero-order valence-corrected chi connectivity index (χ0v) is 8.17. The Bertz CT molecular complexity index is 355. The molecular weight excluding hydrogens is 196 g/mol. The summed E-state index contributed by atoms with van der Waals surface area (Å²) in [6.07, 6.45) is 0.745. The summed E-state index contributed by atoms with van der Waals surface area (Å²) in [5.74, 6) is 0. The molecule has 1 heterocycles. The Morgan fingerprint density at radius 1 is 1.20 bits per heavy atom. The van der Waals surface area contributed by atoms with Gasteiger partial charge in [0, 0.05) is 0 Å². The van der Waals surface area contributed by atoms with E-state index >= 15 is 0 Å². The van der Waals surface area contributed by atoms with Crippen molar-refractivity contribution < 1.29 is 15.3 Å². The van der Waals surface area contributed by atoms with Gasteiger partial charge in [-0.05, 0) is 12.1 Å². The molecule has 0 aliphatic heterocycles. The van der Waals surface area contributed by atoms with Crippen molar-refractivity contribution in [1.29, 1.82) is 0 Å². The van der Waals surface area contributed by atoms with Crippen LogP contribution >= 0.6 is 0 Å². The molecule has 2 rings (SSSR count). The maximum atomic E-state index is 8.17. The highest BCUT2D eigenvalue weighted by atomic mass is 16.3. The smallest absolute Gasteiger partial charge is 0.100 e. The van der Waals surface area contributed by atoms with E-state index in [4.69, 9.17) is 15.3 Å². The first kappa shape index (κ1) is 11.6. The molecule has 0 bridgehead atoms. The molecule has 0 spiro atoms. The fraction of sp³-hybridized carbons (Fsp3) is 0.300. The molecule has 0 unspecified atom stereocenters. The third-order valence-corrected chi connectivity index (χ3v) is 1.75. The summed E-state index contributed by atoms with van der Waals surface area (Å²) in [4.78, 5) is 7.07. The van der Waals surface area contributed by atoms with Gasteiger partial charge in [-0.1, -0.05) is 12.1 Å². The molecule has 0 radical (unpaired) electrons. The van der Waals surface area contributed by atoms with Gasteiger partial charge in [0.05, 0.1) is 30.6 Å². The molecule has 5 nitrogen and oxygen atoms in total. The van der Waals surface area contributed by atoms with Gasteiger partial charge in [-0.15, -0.1) is 0 Å². The molecule has 2 aromatic rings. The fourth-order valence-electron chi connectivity index (χ4n) is 0.937. The largest absolute Gasteiger partial charge is 0.394 e. The summed E-state index contributed by atoms with van der Waals surface area (Å²) in [6, 6.07) is 7.94. The molecule has 0 saturated heterocycles. The van der Waals surface area contributed by atoms with Crippen molar-refractivity contribution >= 4 is 11.0 Å². The number of aromatic nitrogens is 2. The van der Waals surface area contributed by atoms with Crippen LogP contribution in [0.3, 0.4) is 0 Å². The molecule has 82 valence electrons. The Morgan fingerprint density at radius 3 is 2.40 bits per heavy atom. The van der Waals surface area contributed by atoms with E-state index in [9.17, 15) is 0 Å². The first-order chi connectivity index (χ1) is 7.27. The predicted molar refractivity (Wildman–Crippen MR) is 56.3 cm³/mol. The maximum absolute atomic E-state index is 8.17. The fourth-order valence-corrected chi connectivity index (χ4v) is 0.937. The number of imidazole rings is 1. The van der Waals surface area contributed by atoms with Crippen LogP contribution in [0.5, 0.6) is 0 Å². The highest BCUT2D eigenvalue weighted by Gasteiger charge is 1.93. The lowest BCUT2D eigenvalue weighted by atomic mass is 10.3. The number of nitrogens with one attached hydrogen (secondary N) is 1. The van der Waals surface area contributed by atoms with Gasteiger partial charge in [0.15, 0.2) is 0 Å². The van der Waals surface area contributed by atoms with E-state index in [1.165, 1.54) is 0 Å². The van der Waals surface area contributed by atoms with E-state index in [1.54, 1.807) is 6.33 Å². The van der Waals surface area contributed by atoms with Gasteiger partial charge in [0.25, 0.3) is 0 Å². The standard InChI is InChI=1S/C7H6N2.C3H8O3/c1-2-4-7-6(3-1)8-5-9-7;4-1-3(6)2-5/h1-5H,(H,8,9);3-6H,1-2H2. The normalized spacial score (nSPS) is 10.1. The number of aromatic amines is 1. The Labute approximate surface area is 87.0 Å². The number of hydrogen-bond acceptors (Lipinski definition) is 4. The van der Waals surface area contributed by atoms with Crippen molar-refractivity contribution in [3.05, 3.63) is 30.6 Å². The lowest BCUT2D eigenvalue weighted by molar-refractivity contribution is 0.0450. The SMILES string of the molecule is OCC(O)CO.c1ccc2[nH]cnc2c1. The van der Waals surface area contributed by atoms with Crippen molar-refractivity contribution in [2.75, 3.05) is 13.2 Å². The zero-order valence-electron chi connectivity index (χ0n) is 8.17. The molecule has 0 aliphatic carbocycles. The van der Waals surface area contributed by atoms with Crippen molar-refractivity contribution in [3.8, 4) is 0 Å². The number of hydrogen-bond donors (Lipinski definition) is 4. The third-order valence-electron chi connectivity index (χ3n) is 1.75. The summed E-state index contributed by atoms with van der Waals surface area (Å²) in [6.45, 7) is -0.729. The molecule has 1 aromatic heterocycles. The number of para-hydroxylation sites is 2. The second kappa shape index (κ2) is 6.13. The number of aliphatic hydroxyl groups is 3. The Balaban J connectivity index is 0.000000167. The minimum atomic E-state index is -0.954. The molecule has 0 saturated carbocycles. The summed E-state index contributed by atoms with van der Waals surface area (Å²) >= 11 is 0. The van der Waals surface area contributed by atoms with E-state index in [1.807, 2.05) is 24.3 Å². The number of benzene rings is 1. The average Bonchev–Trinajstić information content (AvgIpc) is 2.76. The van der Waals surface area contributed by atoms with Gasteiger partial charge in [-0.2, -0.15) is 0 Å². The molecule has 15 heavy (non-hydrogen) atoms. The van der Waals surface area contributed by atoms with Crippen molar-refractivity contribution in [2.24, 2.45) is 0 Å². The zero-order chi connectivity index (χ0) is 11.1. The van der Waals surface area contributed by atoms with Gasteiger partial charge in [0.1, 0.15) is 6.10 Å². The van der Waals surface area contributed by atoms with Crippen LogP contribution in [-0.4, -0.2) is 44.6 Å². The summed E-state index contributed by atoms with van der Waals surface area (Å²) in [5, 5.41) is 24.0. The van der Waals surface area contributed by atoms with Crippen LogP contribution < -0.4 is 0 Å².